The number of aliphatic hydroxyl groups is 1. The van der Waals surface area contributed by atoms with Gasteiger partial charge in [0, 0.05) is 98.6 Å². The summed E-state index contributed by atoms with van der Waals surface area (Å²) in [7, 11) is 0. The summed E-state index contributed by atoms with van der Waals surface area (Å²) in [5.74, 6) is 8.95. The Morgan fingerprint density at radius 3 is 2.41 bits per heavy atom. The maximum absolute atomic E-state index is 14.4. The normalized spacial score (nSPS) is 21.9. The van der Waals surface area contributed by atoms with E-state index in [2.05, 4.69) is 52.4 Å². The molecule has 7 heterocycles. The van der Waals surface area contributed by atoms with Gasteiger partial charge in [0.1, 0.15) is 29.6 Å². The molecule has 10 rings (SSSR count). The lowest BCUT2D eigenvalue weighted by Gasteiger charge is -2.40. The standard InChI is InChI=1S/C57H70N12O6/c1-35(2)54(57(73)68-34-44(70)28-50(68)56(72)61-37(4)41-12-14-43(15-13-41)67-25-20-59-38(67)5)52-30-53(64-75-52)66-23-16-39(17-24-66)32-65-21-18-45(19-22-65)74-46-26-40(27-46)11-10-36(3)69-33-42(31-60-69)48-29-49(62-63-55(48)58)47-8-6-7-9-51(47)71/h6-9,12-15,20,25,29-31,33,35-37,39-40,44-46,50,54,70-71H,16-19,21-24,26-28,32,34H2,1-5H3,(H2,58,63)(H,61,72)/t36-,37+,40?,44-,46?,50+,54+/m1/s1. The average molecular weight is 1020 g/mol. The van der Waals surface area contributed by atoms with E-state index in [-0.39, 0.29) is 66.6 Å². The molecule has 0 radical (unpaired) electrons. The van der Waals surface area contributed by atoms with Gasteiger partial charge in [-0.05, 0) is 107 Å². The Morgan fingerprint density at radius 1 is 0.933 bits per heavy atom. The van der Waals surface area contributed by atoms with E-state index >= 15 is 0 Å². The quantitative estimate of drug-likeness (QED) is 0.0755. The highest BCUT2D eigenvalue weighted by Crippen LogP contribution is 2.37. The Bertz CT molecular complexity index is 2990. The number of nitrogens with zero attached hydrogens (tertiary/aromatic N) is 10. The van der Waals surface area contributed by atoms with Gasteiger partial charge in [-0.1, -0.05) is 55.1 Å². The number of nitrogen functional groups attached to an aromatic ring is 1. The van der Waals surface area contributed by atoms with Gasteiger partial charge in [0.2, 0.25) is 11.8 Å². The lowest BCUT2D eigenvalue weighted by Crippen LogP contribution is -2.48. The van der Waals surface area contributed by atoms with Gasteiger partial charge >= 0.3 is 0 Å². The van der Waals surface area contributed by atoms with Crippen LogP contribution >= 0.6 is 0 Å². The van der Waals surface area contributed by atoms with Crippen LogP contribution in [0.1, 0.15) is 108 Å². The number of phenolic OH excluding ortho intramolecular Hbond substituents is 1. The molecule has 18 nitrogen and oxygen atoms in total. The van der Waals surface area contributed by atoms with Gasteiger partial charge in [-0.15, -0.1) is 10.2 Å². The minimum absolute atomic E-state index is 0.0804. The molecule has 3 aliphatic heterocycles. The Hall–Kier alpha value is -7.07. The summed E-state index contributed by atoms with van der Waals surface area (Å²) in [5.41, 5.74) is 10.7. The number of amides is 2. The Morgan fingerprint density at radius 2 is 1.69 bits per heavy atom. The fraction of sp³-hybridized carbons (Fsp3) is 0.491. The second-order valence-corrected chi connectivity index (χ2v) is 21.4. The molecule has 0 spiro atoms. The maximum Gasteiger partial charge on any atom is 0.243 e. The van der Waals surface area contributed by atoms with Crippen molar-refractivity contribution in [3.05, 3.63) is 103 Å². The summed E-state index contributed by atoms with van der Waals surface area (Å²) in [4.78, 5) is 38.8. The van der Waals surface area contributed by atoms with E-state index in [1.165, 1.54) is 4.90 Å². The Kier molecular flexibility index (Phi) is 15.4. The average Bonchev–Trinajstić information content (AvgIpc) is 4.24. The molecular formula is C57H70N12O6. The van der Waals surface area contributed by atoms with Crippen LogP contribution in [0, 0.1) is 36.5 Å². The molecule has 18 heteroatoms. The zero-order valence-electron chi connectivity index (χ0n) is 43.6. The molecule has 1 saturated carbocycles. The first-order chi connectivity index (χ1) is 36.2. The number of piperidine rings is 2. The van der Waals surface area contributed by atoms with Crippen LogP contribution in [0.4, 0.5) is 11.6 Å². The number of nitrogens with one attached hydrogen (secondary N) is 1. The number of hydrogen-bond acceptors (Lipinski definition) is 14. The number of benzene rings is 2. The van der Waals surface area contributed by atoms with Crippen LogP contribution in [0.15, 0.2) is 90.0 Å². The number of aliphatic hydroxyl groups excluding tert-OH is 1. The fourth-order valence-corrected chi connectivity index (χ4v) is 11.2. The fourth-order valence-electron chi connectivity index (χ4n) is 11.2. The van der Waals surface area contributed by atoms with Crippen LogP contribution in [0.3, 0.4) is 0 Å². The summed E-state index contributed by atoms with van der Waals surface area (Å²) < 4.78 is 16.3. The van der Waals surface area contributed by atoms with Crippen LogP contribution < -0.4 is 16.0 Å². The Balaban J connectivity index is 0.643. The first kappa shape index (κ1) is 51.4. The molecule has 2 aromatic carbocycles. The highest BCUT2D eigenvalue weighted by molar-refractivity contribution is 5.91. The van der Waals surface area contributed by atoms with Crippen LogP contribution in [-0.4, -0.2) is 130 Å². The molecule has 4 fully saturated rings. The number of imidazole rings is 1. The molecule has 5 atom stereocenters. The predicted octanol–water partition coefficient (Wildman–Crippen LogP) is 7.10. The highest BCUT2D eigenvalue weighted by Gasteiger charge is 2.44. The van der Waals surface area contributed by atoms with Crippen molar-refractivity contribution in [2.75, 3.05) is 49.9 Å². The van der Waals surface area contributed by atoms with Gasteiger partial charge in [-0.25, -0.2) is 4.98 Å². The first-order valence-electron chi connectivity index (χ1n) is 26.7. The van der Waals surface area contributed by atoms with Crippen molar-refractivity contribution in [3.63, 3.8) is 0 Å². The number of anilines is 2. The monoisotopic (exact) mass is 1020 g/mol. The number of nitrogens with two attached hydrogens (primary N) is 1. The third-order valence-corrected chi connectivity index (χ3v) is 15.8. The third-order valence-electron chi connectivity index (χ3n) is 15.8. The molecule has 5 N–H and O–H groups in total. The molecule has 0 unspecified atom stereocenters. The number of aryl methyl sites for hydroxylation is 1. The van der Waals surface area contributed by atoms with Crippen LogP contribution in [-0.2, 0) is 14.3 Å². The molecule has 3 saturated heterocycles. The lowest BCUT2D eigenvalue weighted by atomic mass is 9.82. The lowest BCUT2D eigenvalue weighted by molar-refractivity contribution is -0.141. The summed E-state index contributed by atoms with van der Waals surface area (Å²) in [6.45, 7) is 14.8. The summed E-state index contributed by atoms with van der Waals surface area (Å²) in [5, 5.41) is 41.6. The minimum Gasteiger partial charge on any atom is -0.507 e. The number of hydrogen-bond donors (Lipinski definition) is 4. The first-order valence-corrected chi connectivity index (χ1v) is 26.7. The number of ether oxygens (including phenoxy) is 1. The summed E-state index contributed by atoms with van der Waals surface area (Å²) >= 11 is 0. The van der Waals surface area contributed by atoms with Crippen LogP contribution in [0.25, 0.3) is 28.1 Å². The Labute approximate surface area is 438 Å². The maximum atomic E-state index is 14.4. The number of rotatable bonds is 15. The largest absolute Gasteiger partial charge is 0.507 e. The van der Waals surface area contributed by atoms with Crippen molar-refractivity contribution in [2.45, 2.75) is 122 Å². The van der Waals surface area contributed by atoms with Crippen molar-refractivity contribution in [3.8, 4) is 45.7 Å². The number of carbonyl (C=O) groups is 2. The zero-order chi connectivity index (χ0) is 52.3. The molecular weight excluding hydrogens is 949 g/mol. The number of β-amino-alcohol motifs (C(OH)–C–C–N with tert-alkyl or cyclic N) is 1. The topological polar surface area (TPSA) is 219 Å². The molecule has 394 valence electrons. The van der Waals surface area contributed by atoms with Gasteiger partial charge in [0.05, 0.1) is 36.2 Å². The van der Waals surface area contributed by atoms with Crippen molar-refractivity contribution in [1.29, 1.82) is 0 Å². The van der Waals surface area contributed by atoms with Gasteiger partial charge < -0.3 is 49.8 Å². The number of para-hydroxylation sites is 1. The van der Waals surface area contributed by atoms with Crippen LogP contribution in [0.2, 0.25) is 0 Å². The third kappa shape index (κ3) is 11.6. The molecule has 2 amide bonds. The van der Waals surface area contributed by atoms with Crippen molar-refractivity contribution in [2.24, 2.45) is 17.8 Å². The number of aromatic hydroxyl groups is 1. The van der Waals surface area contributed by atoms with E-state index in [0.717, 1.165) is 99.7 Å². The van der Waals surface area contributed by atoms with E-state index in [1.807, 2.05) is 98.7 Å². The van der Waals surface area contributed by atoms with E-state index < -0.39 is 18.1 Å². The van der Waals surface area contributed by atoms with Gasteiger partial charge in [-0.3, -0.25) is 14.3 Å². The van der Waals surface area contributed by atoms with Crippen molar-refractivity contribution in [1.82, 2.24) is 49.8 Å². The number of carbonyl (C=O) groups excluding carboxylic acids is 2. The van der Waals surface area contributed by atoms with Crippen molar-refractivity contribution < 1.29 is 29.1 Å². The van der Waals surface area contributed by atoms with E-state index in [0.29, 0.717) is 34.4 Å². The second-order valence-electron chi connectivity index (χ2n) is 21.4. The number of phenols is 1. The SMILES string of the molecule is Cc1nccn1-c1ccc([C@H](C)NC(=O)[C@@H]2C[C@@H](O)CN2C(=O)[C@H](c2cc(N3CCC(CN4CCC(OC5CC(C#C[C@@H](C)n6cc(-c7cc(-c8ccccc8O)nnc7N)cn6)C5)CC4)CC3)no2)C(C)C)cc1. The van der Waals surface area contributed by atoms with Crippen molar-refractivity contribution >= 4 is 23.5 Å². The zero-order valence-corrected chi connectivity index (χ0v) is 43.6. The van der Waals surface area contributed by atoms with Gasteiger partial charge in [0.15, 0.2) is 17.4 Å². The minimum atomic E-state index is -0.806. The predicted molar refractivity (Wildman–Crippen MR) is 284 cm³/mol. The van der Waals surface area contributed by atoms with Crippen LogP contribution in [0.5, 0.6) is 5.75 Å². The van der Waals surface area contributed by atoms with E-state index in [9.17, 15) is 19.8 Å². The smallest absolute Gasteiger partial charge is 0.243 e. The molecule has 75 heavy (non-hydrogen) atoms. The van der Waals surface area contributed by atoms with E-state index in [4.69, 9.17) is 15.0 Å². The summed E-state index contributed by atoms with van der Waals surface area (Å²) in [6, 6.07) is 17.4. The molecule has 6 aromatic rings. The molecule has 0 bridgehead atoms. The number of aromatic nitrogens is 7. The molecule has 4 aromatic heterocycles. The second kappa shape index (κ2) is 22.4. The summed E-state index contributed by atoms with van der Waals surface area (Å²) in [6.07, 6.45) is 13.3. The molecule has 1 aliphatic carbocycles. The highest BCUT2D eigenvalue weighted by atomic mass is 16.5. The van der Waals surface area contributed by atoms with Gasteiger partial charge in [-0.2, -0.15) is 5.10 Å². The molecule has 4 aliphatic rings. The van der Waals surface area contributed by atoms with E-state index in [1.54, 1.807) is 30.6 Å². The van der Waals surface area contributed by atoms with Gasteiger partial charge in [0.25, 0.3) is 0 Å². The number of likely N-dealkylation sites (tertiary alicyclic amines) is 2.